The molecule has 0 aromatic heterocycles. The second-order valence-corrected chi connectivity index (χ2v) is 5.33. The van der Waals surface area contributed by atoms with E-state index in [9.17, 15) is 18.0 Å². The summed E-state index contributed by atoms with van der Waals surface area (Å²) in [5.74, 6) is -5.09. The van der Waals surface area contributed by atoms with Gasteiger partial charge in [-0.05, 0) is 59.3 Å². The van der Waals surface area contributed by atoms with E-state index in [1.807, 2.05) is 13.0 Å². The number of rotatable bonds is 2. The minimum atomic E-state index is -1.59. The number of hydrogen-bond acceptors (Lipinski definition) is 1. The maximum atomic E-state index is 13.1. The van der Waals surface area contributed by atoms with Gasteiger partial charge >= 0.3 is 0 Å². The Morgan fingerprint density at radius 2 is 1.70 bits per heavy atom. The molecule has 0 bridgehead atoms. The highest BCUT2D eigenvalue weighted by Gasteiger charge is 2.15. The first kappa shape index (κ1) is 14.8. The molecule has 0 radical (unpaired) electrons. The predicted octanol–water partition coefficient (Wildman–Crippen LogP) is 4.27. The lowest BCUT2D eigenvalue weighted by Crippen LogP contribution is -2.13. The van der Waals surface area contributed by atoms with E-state index in [4.69, 9.17) is 0 Å². The first-order valence-electron chi connectivity index (χ1n) is 5.60. The number of amides is 1. The van der Waals surface area contributed by atoms with Crippen molar-refractivity contribution in [3.05, 3.63) is 62.5 Å². The molecule has 0 fully saturated rings. The minimum absolute atomic E-state index is 0.281. The summed E-state index contributed by atoms with van der Waals surface area (Å²) in [7, 11) is 0. The summed E-state index contributed by atoms with van der Waals surface area (Å²) in [5, 5.41) is 2.50. The van der Waals surface area contributed by atoms with Gasteiger partial charge in [0.1, 0.15) is 0 Å². The molecule has 6 heteroatoms. The van der Waals surface area contributed by atoms with Gasteiger partial charge in [-0.25, -0.2) is 13.2 Å². The van der Waals surface area contributed by atoms with E-state index in [1.54, 1.807) is 12.1 Å². The first-order chi connectivity index (χ1) is 9.38. The van der Waals surface area contributed by atoms with E-state index in [1.165, 1.54) is 0 Å². The fraction of sp³-hybridized carbons (Fsp3) is 0.0714. The molecule has 0 saturated heterocycles. The predicted molar refractivity (Wildman–Crippen MR) is 78.2 cm³/mol. The van der Waals surface area contributed by atoms with Gasteiger partial charge < -0.3 is 5.32 Å². The quantitative estimate of drug-likeness (QED) is 0.602. The van der Waals surface area contributed by atoms with Crippen molar-refractivity contribution in [1.82, 2.24) is 0 Å². The summed E-state index contributed by atoms with van der Waals surface area (Å²) in [4.78, 5) is 11.9. The lowest BCUT2D eigenvalue weighted by Gasteiger charge is -2.07. The second-order valence-electron chi connectivity index (χ2n) is 4.17. The van der Waals surface area contributed by atoms with E-state index < -0.39 is 23.4 Å². The van der Waals surface area contributed by atoms with Gasteiger partial charge in [0.15, 0.2) is 17.5 Å². The SMILES string of the molecule is Cc1ccc(NC(=O)c2cc(F)c(F)c(F)c2)cc1I. The average Bonchev–Trinajstić information content (AvgIpc) is 2.39. The van der Waals surface area contributed by atoms with Crippen LogP contribution < -0.4 is 5.32 Å². The monoisotopic (exact) mass is 391 g/mol. The summed E-state index contributed by atoms with van der Waals surface area (Å²) in [6, 6.07) is 6.53. The molecule has 2 nitrogen and oxygen atoms in total. The fourth-order valence-corrected chi connectivity index (χ4v) is 2.08. The van der Waals surface area contributed by atoms with Crippen LogP contribution in [-0.2, 0) is 0 Å². The summed E-state index contributed by atoms with van der Waals surface area (Å²) in [6.45, 7) is 1.91. The smallest absolute Gasteiger partial charge is 0.255 e. The molecular formula is C14H9F3INO. The molecule has 0 unspecified atom stereocenters. The van der Waals surface area contributed by atoms with Crippen molar-refractivity contribution in [1.29, 1.82) is 0 Å². The molecule has 2 rings (SSSR count). The molecule has 0 aliphatic rings. The molecule has 2 aromatic rings. The third-order valence-corrected chi connectivity index (χ3v) is 3.84. The Bertz CT molecular complexity index is 665. The summed E-state index contributed by atoms with van der Waals surface area (Å²) >= 11 is 2.11. The number of nitrogens with one attached hydrogen (secondary N) is 1. The van der Waals surface area contributed by atoms with Crippen LogP contribution in [0.1, 0.15) is 15.9 Å². The highest BCUT2D eigenvalue weighted by atomic mass is 127. The van der Waals surface area contributed by atoms with Gasteiger partial charge in [0.05, 0.1) is 0 Å². The number of halogens is 4. The molecular weight excluding hydrogens is 382 g/mol. The Kier molecular flexibility index (Phi) is 4.32. The molecule has 0 heterocycles. The molecule has 0 saturated carbocycles. The van der Waals surface area contributed by atoms with Gasteiger partial charge in [0.25, 0.3) is 5.91 Å². The van der Waals surface area contributed by atoms with Crippen LogP contribution in [0, 0.1) is 27.9 Å². The molecule has 0 atom stereocenters. The molecule has 20 heavy (non-hydrogen) atoms. The van der Waals surface area contributed by atoms with Gasteiger partial charge in [-0.15, -0.1) is 0 Å². The zero-order valence-electron chi connectivity index (χ0n) is 10.3. The van der Waals surface area contributed by atoms with Crippen LogP contribution in [0.2, 0.25) is 0 Å². The Hall–Kier alpha value is -1.57. The third-order valence-electron chi connectivity index (χ3n) is 2.68. The van der Waals surface area contributed by atoms with E-state index in [0.717, 1.165) is 9.13 Å². The van der Waals surface area contributed by atoms with Crippen molar-refractivity contribution in [2.45, 2.75) is 6.92 Å². The van der Waals surface area contributed by atoms with Crippen molar-refractivity contribution >= 4 is 34.2 Å². The van der Waals surface area contributed by atoms with Gasteiger partial charge in [-0.3, -0.25) is 4.79 Å². The lowest BCUT2D eigenvalue weighted by atomic mass is 10.1. The van der Waals surface area contributed by atoms with Crippen molar-refractivity contribution in [2.75, 3.05) is 5.32 Å². The van der Waals surface area contributed by atoms with E-state index in [0.29, 0.717) is 17.8 Å². The summed E-state index contributed by atoms with van der Waals surface area (Å²) in [5.41, 5.74) is 1.26. The Labute approximate surface area is 127 Å². The van der Waals surface area contributed by atoms with Crippen LogP contribution in [0.5, 0.6) is 0 Å². The van der Waals surface area contributed by atoms with Crippen molar-refractivity contribution < 1.29 is 18.0 Å². The number of benzene rings is 2. The van der Waals surface area contributed by atoms with E-state index >= 15 is 0 Å². The third kappa shape index (κ3) is 3.12. The van der Waals surface area contributed by atoms with Crippen LogP contribution >= 0.6 is 22.6 Å². The first-order valence-corrected chi connectivity index (χ1v) is 6.68. The van der Waals surface area contributed by atoms with E-state index in [-0.39, 0.29) is 5.56 Å². The Morgan fingerprint density at radius 3 is 2.25 bits per heavy atom. The summed E-state index contributed by atoms with van der Waals surface area (Å²) in [6.07, 6.45) is 0. The molecule has 0 spiro atoms. The van der Waals surface area contributed by atoms with Crippen molar-refractivity contribution in [3.8, 4) is 0 Å². The largest absolute Gasteiger partial charge is 0.322 e. The summed E-state index contributed by atoms with van der Waals surface area (Å²) < 4.78 is 39.9. The average molecular weight is 391 g/mol. The number of hydrogen-bond donors (Lipinski definition) is 1. The number of anilines is 1. The molecule has 0 aliphatic carbocycles. The normalized spacial score (nSPS) is 10.4. The zero-order chi connectivity index (χ0) is 14.9. The molecule has 1 amide bonds. The van der Waals surface area contributed by atoms with Crippen LogP contribution in [-0.4, -0.2) is 5.91 Å². The molecule has 104 valence electrons. The molecule has 0 aliphatic heterocycles. The topological polar surface area (TPSA) is 29.1 Å². The van der Waals surface area contributed by atoms with Gasteiger partial charge in [-0.2, -0.15) is 0 Å². The maximum absolute atomic E-state index is 13.1. The van der Waals surface area contributed by atoms with Gasteiger partial charge in [0, 0.05) is 14.8 Å². The number of aryl methyl sites for hydroxylation is 1. The lowest BCUT2D eigenvalue weighted by molar-refractivity contribution is 0.102. The number of carbonyl (C=O) groups excluding carboxylic acids is 1. The van der Waals surface area contributed by atoms with E-state index in [2.05, 4.69) is 27.9 Å². The van der Waals surface area contributed by atoms with Crippen LogP contribution in [0.25, 0.3) is 0 Å². The standard InChI is InChI=1S/C14H9F3INO/c1-7-2-3-9(6-12(7)18)19-14(20)8-4-10(15)13(17)11(16)5-8/h2-6H,1H3,(H,19,20). The zero-order valence-corrected chi connectivity index (χ0v) is 12.5. The molecule has 2 aromatic carbocycles. The minimum Gasteiger partial charge on any atom is -0.322 e. The Balaban J connectivity index is 2.26. The Morgan fingerprint density at radius 1 is 1.10 bits per heavy atom. The van der Waals surface area contributed by atoms with Crippen molar-refractivity contribution in [2.24, 2.45) is 0 Å². The maximum Gasteiger partial charge on any atom is 0.255 e. The number of carbonyl (C=O) groups is 1. The highest BCUT2D eigenvalue weighted by molar-refractivity contribution is 14.1. The van der Waals surface area contributed by atoms with Crippen LogP contribution in [0.3, 0.4) is 0 Å². The second kappa shape index (κ2) is 5.82. The fourth-order valence-electron chi connectivity index (χ4n) is 1.56. The van der Waals surface area contributed by atoms with Crippen molar-refractivity contribution in [3.63, 3.8) is 0 Å². The highest BCUT2D eigenvalue weighted by Crippen LogP contribution is 2.19. The van der Waals surface area contributed by atoms with Crippen LogP contribution in [0.15, 0.2) is 30.3 Å². The van der Waals surface area contributed by atoms with Crippen LogP contribution in [0.4, 0.5) is 18.9 Å². The van der Waals surface area contributed by atoms with Gasteiger partial charge in [0.2, 0.25) is 0 Å². The molecule has 1 N–H and O–H groups in total. The van der Waals surface area contributed by atoms with Gasteiger partial charge in [-0.1, -0.05) is 6.07 Å².